The number of aromatic hydroxyl groups is 1. The van der Waals surface area contributed by atoms with Crippen LogP contribution < -0.4 is 4.72 Å². The van der Waals surface area contributed by atoms with E-state index in [0.717, 1.165) is 5.56 Å². The van der Waals surface area contributed by atoms with E-state index in [1.165, 1.54) is 24.5 Å². The molecule has 24 heavy (non-hydrogen) atoms. The second-order valence-corrected chi connectivity index (χ2v) is 7.13. The molecule has 0 radical (unpaired) electrons. The van der Waals surface area contributed by atoms with Crippen LogP contribution in [0.2, 0.25) is 5.02 Å². The number of para-hydroxylation sites is 1. The van der Waals surface area contributed by atoms with Crippen LogP contribution in [0.15, 0.2) is 47.6 Å². The van der Waals surface area contributed by atoms with Crippen LogP contribution >= 0.6 is 11.6 Å². The van der Waals surface area contributed by atoms with Crippen LogP contribution in [0.5, 0.6) is 5.75 Å². The summed E-state index contributed by atoms with van der Waals surface area (Å²) < 4.78 is 27.7. The minimum absolute atomic E-state index is 0.0442. The zero-order valence-electron chi connectivity index (χ0n) is 12.5. The minimum Gasteiger partial charge on any atom is -0.505 e. The van der Waals surface area contributed by atoms with Gasteiger partial charge >= 0.3 is 0 Å². The lowest BCUT2D eigenvalue weighted by Crippen LogP contribution is -2.14. The van der Waals surface area contributed by atoms with Crippen molar-refractivity contribution in [1.82, 2.24) is 15.2 Å². The van der Waals surface area contributed by atoms with Gasteiger partial charge in [-0.05, 0) is 31.2 Å². The van der Waals surface area contributed by atoms with Gasteiger partial charge < -0.3 is 5.11 Å². The van der Waals surface area contributed by atoms with E-state index in [1.54, 1.807) is 18.2 Å². The van der Waals surface area contributed by atoms with Crippen LogP contribution in [0.25, 0.3) is 11.4 Å². The normalized spacial score (nSPS) is 11.4. The molecule has 0 atom stereocenters. The van der Waals surface area contributed by atoms with Gasteiger partial charge in [0.2, 0.25) is 0 Å². The Morgan fingerprint density at radius 1 is 1.25 bits per heavy atom. The lowest BCUT2D eigenvalue weighted by molar-refractivity contribution is 0.459. The maximum atomic E-state index is 12.6. The fraction of sp³-hybridized carbons (Fsp3) is 0.0667. The Morgan fingerprint density at radius 3 is 2.75 bits per heavy atom. The van der Waals surface area contributed by atoms with E-state index in [-0.39, 0.29) is 9.92 Å². The van der Waals surface area contributed by atoms with Crippen molar-refractivity contribution in [2.24, 2.45) is 0 Å². The molecule has 0 saturated carbocycles. The zero-order valence-corrected chi connectivity index (χ0v) is 14.1. The summed E-state index contributed by atoms with van der Waals surface area (Å²) >= 11 is 5.79. The lowest BCUT2D eigenvalue weighted by Gasteiger charge is -2.13. The summed E-state index contributed by atoms with van der Waals surface area (Å²) in [5.41, 5.74) is 1.77. The molecule has 0 fully saturated rings. The highest BCUT2D eigenvalue weighted by Crippen LogP contribution is 2.33. The number of anilines is 1. The van der Waals surface area contributed by atoms with Gasteiger partial charge in [-0.1, -0.05) is 29.3 Å². The summed E-state index contributed by atoms with van der Waals surface area (Å²) in [4.78, 5) is 3.74. The van der Waals surface area contributed by atoms with Crippen molar-refractivity contribution in [3.63, 3.8) is 0 Å². The number of hydrogen-bond acceptors (Lipinski definition) is 5. The van der Waals surface area contributed by atoms with Crippen LogP contribution in [0.3, 0.4) is 0 Å². The Bertz CT molecular complexity index is 988. The Hall–Kier alpha value is -2.58. The average molecular weight is 365 g/mol. The first-order valence-electron chi connectivity index (χ1n) is 6.85. The van der Waals surface area contributed by atoms with E-state index in [9.17, 15) is 13.5 Å². The number of phenolic OH excluding ortho intramolecular Hbond substituents is 1. The molecule has 1 aromatic heterocycles. The van der Waals surface area contributed by atoms with E-state index < -0.39 is 15.8 Å². The quantitative estimate of drug-likeness (QED) is 0.659. The molecule has 3 rings (SSSR count). The summed E-state index contributed by atoms with van der Waals surface area (Å²) in [6, 6.07) is 9.27. The van der Waals surface area contributed by atoms with E-state index >= 15 is 0 Å². The molecule has 1 heterocycles. The number of hydrogen-bond donors (Lipinski definition) is 3. The second-order valence-electron chi connectivity index (χ2n) is 5.08. The van der Waals surface area contributed by atoms with Gasteiger partial charge in [0.1, 0.15) is 11.2 Å². The third-order valence-electron chi connectivity index (χ3n) is 3.33. The van der Waals surface area contributed by atoms with E-state index in [4.69, 9.17) is 11.6 Å². The molecule has 3 aromatic rings. The molecule has 2 aromatic carbocycles. The van der Waals surface area contributed by atoms with Crippen molar-refractivity contribution >= 4 is 27.3 Å². The Kier molecular flexibility index (Phi) is 4.16. The van der Waals surface area contributed by atoms with Crippen LogP contribution in [0, 0.1) is 6.92 Å². The van der Waals surface area contributed by atoms with Crippen LogP contribution in [-0.2, 0) is 10.0 Å². The molecule has 0 saturated heterocycles. The summed E-state index contributed by atoms with van der Waals surface area (Å²) in [5, 5.41) is 16.4. The van der Waals surface area contributed by atoms with Crippen molar-refractivity contribution in [3.8, 4) is 17.1 Å². The van der Waals surface area contributed by atoms with Gasteiger partial charge in [-0.3, -0.25) is 9.82 Å². The van der Waals surface area contributed by atoms with Crippen LogP contribution in [0.1, 0.15) is 5.56 Å². The standard InChI is InChI=1S/C15H13ClN4O3S/c1-9-5-6-12(10(7-9)15-17-8-18-19-15)20-24(22,23)13-4-2-3-11(16)14(13)21/h2-8,20-21H,1H3,(H,17,18,19). The molecule has 124 valence electrons. The predicted octanol–water partition coefficient (Wildman–Crippen LogP) is 2.94. The molecule has 7 nitrogen and oxygen atoms in total. The number of H-pyrrole nitrogens is 1. The number of rotatable bonds is 4. The number of nitrogens with one attached hydrogen (secondary N) is 2. The van der Waals surface area contributed by atoms with Crippen LogP contribution in [0.4, 0.5) is 5.69 Å². The highest BCUT2D eigenvalue weighted by Gasteiger charge is 2.22. The Morgan fingerprint density at radius 2 is 2.04 bits per heavy atom. The minimum atomic E-state index is -4.04. The van der Waals surface area contributed by atoms with Gasteiger partial charge in [-0.15, -0.1) is 0 Å². The first kappa shape index (κ1) is 16.3. The van der Waals surface area contributed by atoms with Gasteiger partial charge in [0.05, 0.1) is 10.7 Å². The molecule has 0 aliphatic rings. The topological polar surface area (TPSA) is 108 Å². The molecule has 0 bridgehead atoms. The van der Waals surface area contributed by atoms with E-state index in [0.29, 0.717) is 17.1 Å². The van der Waals surface area contributed by atoms with Crippen molar-refractivity contribution in [2.45, 2.75) is 11.8 Å². The smallest absolute Gasteiger partial charge is 0.265 e. The Balaban J connectivity index is 2.07. The van der Waals surface area contributed by atoms with E-state index in [2.05, 4.69) is 19.9 Å². The number of benzene rings is 2. The summed E-state index contributed by atoms with van der Waals surface area (Å²) in [7, 11) is -4.04. The molecule has 0 aliphatic carbocycles. The highest BCUT2D eigenvalue weighted by atomic mass is 35.5. The number of halogens is 1. The van der Waals surface area contributed by atoms with Crippen LogP contribution in [-0.4, -0.2) is 28.7 Å². The lowest BCUT2D eigenvalue weighted by atomic mass is 10.1. The highest BCUT2D eigenvalue weighted by molar-refractivity contribution is 7.92. The Labute approximate surface area is 143 Å². The van der Waals surface area contributed by atoms with Crippen molar-refractivity contribution < 1.29 is 13.5 Å². The van der Waals surface area contributed by atoms with E-state index in [1.807, 2.05) is 6.92 Å². The number of nitrogens with zero attached hydrogens (tertiary/aromatic N) is 2. The first-order chi connectivity index (χ1) is 11.4. The third kappa shape index (κ3) is 3.06. The number of phenols is 1. The second kappa shape index (κ2) is 6.14. The molecule has 0 amide bonds. The fourth-order valence-electron chi connectivity index (χ4n) is 2.19. The molecular weight excluding hydrogens is 352 g/mol. The average Bonchev–Trinajstić information content (AvgIpc) is 3.05. The molecule has 9 heteroatoms. The zero-order chi connectivity index (χ0) is 17.3. The molecule has 0 unspecified atom stereocenters. The van der Waals surface area contributed by atoms with Gasteiger partial charge in [0.25, 0.3) is 10.0 Å². The number of sulfonamides is 1. The third-order valence-corrected chi connectivity index (χ3v) is 5.03. The fourth-order valence-corrected chi connectivity index (χ4v) is 3.62. The maximum absolute atomic E-state index is 12.6. The molecular formula is C15H13ClN4O3S. The predicted molar refractivity (Wildman–Crippen MR) is 90.5 cm³/mol. The number of aryl methyl sites for hydroxylation is 1. The largest absolute Gasteiger partial charge is 0.505 e. The molecule has 0 aliphatic heterocycles. The summed E-state index contributed by atoms with van der Waals surface area (Å²) in [6.07, 6.45) is 1.33. The summed E-state index contributed by atoms with van der Waals surface area (Å²) in [6.45, 7) is 1.88. The monoisotopic (exact) mass is 364 g/mol. The van der Waals surface area contributed by atoms with Crippen molar-refractivity contribution in [3.05, 3.63) is 53.3 Å². The van der Waals surface area contributed by atoms with Crippen molar-refractivity contribution in [2.75, 3.05) is 4.72 Å². The first-order valence-corrected chi connectivity index (χ1v) is 8.71. The molecule has 0 spiro atoms. The maximum Gasteiger partial charge on any atom is 0.265 e. The summed E-state index contributed by atoms with van der Waals surface area (Å²) in [5.74, 6) is -0.0771. The SMILES string of the molecule is Cc1ccc(NS(=O)(=O)c2cccc(Cl)c2O)c(-c2ncn[nH]2)c1. The van der Waals surface area contributed by atoms with Gasteiger partial charge in [-0.2, -0.15) is 5.10 Å². The molecule has 3 N–H and O–H groups in total. The van der Waals surface area contributed by atoms with Gasteiger partial charge in [0, 0.05) is 5.56 Å². The number of aromatic amines is 1. The van der Waals surface area contributed by atoms with Gasteiger partial charge in [-0.25, -0.2) is 13.4 Å². The van der Waals surface area contributed by atoms with Crippen molar-refractivity contribution in [1.29, 1.82) is 0 Å². The number of aromatic nitrogens is 3. The van der Waals surface area contributed by atoms with Gasteiger partial charge in [0.15, 0.2) is 11.6 Å².